The predicted molar refractivity (Wildman–Crippen MR) is 114 cm³/mol. The van der Waals surface area contributed by atoms with Crippen LogP contribution in [-0.4, -0.2) is 24.5 Å². The van der Waals surface area contributed by atoms with Crippen molar-refractivity contribution in [1.29, 1.82) is 0 Å². The predicted octanol–water partition coefficient (Wildman–Crippen LogP) is 3.74. The molecule has 2 aromatic rings. The molecule has 0 unspecified atom stereocenters. The second-order valence-corrected chi connectivity index (χ2v) is 5.46. The van der Waals surface area contributed by atoms with Crippen LogP contribution in [0.1, 0.15) is 31.0 Å². The van der Waals surface area contributed by atoms with Gasteiger partial charge in [0.05, 0.1) is 5.69 Å². The van der Waals surface area contributed by atoms with Gasteiger partial charge in [-0.15, -0.1) is 24.0 Å². The maximum Gasteiger partial charge on any atom is 0.191 e. The van der Waals surface area contributed by atoms with E-state index in [-0.39, 0.29) is 24.0 Å². The average molecular weight is 454 g/mol. The Hall–Kier alpha value is -1.83. The van der Waals surface area contributed by atoms with Crippen molar-refractivity contribution >= 4 is 29.9 Å². The van der Waals surface area contributed by atoms with Crippen LogP contribution in [0, 0.1) is 0 Å². The number of nitrogens with one attached hydrogen (secondary N) is 2. The normalized spacial score (nSPS) is 10.7. The van der Waals surface area contributed by atoms with Gasteiger partial charge in [0, 0.05) is 26.3 Å². The number of unbranched alkanes of at least 4 members (excludes halogenated alkanes) is 1. The Kier molecular flexibility index (Phi) is 10.6. The van der Waals surface area contributed by atoms with Crippen molar-refractivity contribution in [2.75, 3.05) is 13.6 Å². The number of benzene rings is 1. The number of nitrogens with zero attached hydrogens (tertiary/aromatic N) is 2. The van der Waals surface area contributed by atoms with Crippen LogP contribution in [-0.2, 0) is 13.2 Å². The lowest BCUT2D eigenvalue weighted by atomic mass is 10.2. The van der Waals surface area contributed by atoms with Gasteiger partial charge < -0.3 is 15.4 Å². The summed E-state index contributed by atoms with van der Waals surface area (Å²) in [6, 6.07) is 13.9. The van der Waals surface area contributed by atoms with Crippen molar-refractivity contribution in [1.82, 2.24) is 15.6 Å². The number of guanidine groups is 1. The fourth-order valence-electron chi connectivity index (χ4n) is 2.18. The smallest absolute Gasteiger partial charge is 0.191 e. The zero-order valence-electron chi connectivity index (χ0n) is 14.9. The zero-order chi connectivity index (χ0) is 17.0. The van der Waals surface area contributed by atoms with Gasteiger partial charge >= 0.3 is 0 Å². The molecule has 0 amide bonds. The summed E-state index contributed by atoms with van der Waals surface area (Å²) in [6.45, 7) is 4.28. The van der Waals surface area contributed by atoms with E-state index in [4.69, 9.17) is 4.74 Å². The Bertz CT molecular complexity index is 634. The van der Waals surface area contributed by atoms with E-state index < -0.39 is 0 Å². The van der Waals surface area contributed by atoms with Crippen molar-refractivity contribution in [3.8, 4) is 5.75 Å². The summed E-state index contributed by atoms with van der Waals surface area (Å²) < 4.78 is 5.81. The van der Waals surface area contributed by atoms with Crippen LogP contribution < -0.4 is 15.4 Å². The largest absolute Gasteiger partial charge is 0.487 e. The van der Waals surface area contributed by atoms with Gasteiger partial charge in [-0.1, -0.05) is 31.5 Å². The molecule has 1 aromatic heterocycles. The highest BCUT2D eigenvalue weighted by atomic mass is 127. The number of ether oxygens (including phenoxy) is 1. The second-order valence-electron chi connectivity index (χ2n) is 5.46. The quantitative estimate of drug-likeness (QED) is 0.276. The van der Waals surface area contributed by atoms with Crippen LogP contribution >= 0.6 is 24.0 Å². The van der Waals surface area contributed by atoms with Crippen LogP contribution in [0.5, 0.6) is 5.75 Å². The SMILES string of the molecule is CCCCNC(=NC)NCc1cccc(OCc2ccccn2)c1.I. The first kappa shape index (κ1) is 21.2. The lowest BCUT2D eigenvalue weighted by Gasteiger charge is -2.12. The first-order valence-corrected chi connectivity index (χ1v) is 8.38. The summed E-state index contributed by atoms with van der Waals surface area (Å²) in [5, 5.41) is 6.62. The van der Waals surface area contributed by atoms with Crippen molar-refractivity contribution in [2.24, 2.45) is 4.99 Å². The summed E-state index contributed by atoms with van der Waals surface area (Å²) in [5.41, 5.74) is 2.06. The van der Waals surface area contributed by atoms with Gasteiger partial charge in [0.1, 0.15) is 12.4 Å². The number of pyridine rings is 1. The molecular weight excluding hydrogens is 427 g/mol. The molecule has 5 nitrogen and oxygen atoms in total. The summed E-state index contributed by atoms with van der Waals surface area (Å²) >= 11 is 0. The molecule has 2 N–H and O–H groups in total. The van der Waals surface area contributed by atoms with Crippen LogP contribution in [0.4, 0.5) is 0 Å². The average Bonchev–Trinajstić information content (AvgIpc) is 2.64. The van der Waals surface area contributed by atoms with E-state index in [1.165, 1.54) is 6.42 Å². The molecule has 0 saturated heterocycles. The van der Waals surface area contributed by atoms with E-state index in [0.29, 0.717) is 13.2 Å². The van der Waals surface area contributed by atoms with Crippen molar-refractivity contribution in [3.63, 3.8) is 0 Å². The molecule has 0 aliphatic heterocycles. The molecule has 6 heteroatoms. The number of hydrogen-bond donors (Lipinski definition) is 2. The number of halogens is 1. The maximum atomic E-state index is 5.81. The summed E-state index contributed by atoms with van der Waals surface area (Å²) in [5.74, 6) is 1.66. The molecule has 0 saturated carbocycles. The van der Waals surface area contributed by atoms with Gasteiger partial charge in [-0.25, -0.2) is 0 Å². The Balaban J connectivity index is 0.00000312. The summed E-state index contributed by atoms with van der Waals surface area (Å²) in [6.07, 6.45) is 4.08. The third kappa shape index (κ3) is 8.20. The van der Waals surface area contributed by atoms with Gasteiger partial charge in [-0.2, -0.15) is 0 Å². The van der Waals surface area contributed by atoms with E-state index in [1.807, 2.05) is 36.4 Å². The van der Waals surface area contributed by atoms with Gasteiger partial charge in [0.2, 0.25) is 0 Å². The minimum atomic E-state index is 0. The van der Waals surface area contributed by atoms with Crippen LogP contribution in [0.25, 0.3) is 0 Å². The first-order valence-electron chi connectivity index (χ1n) is 8.38. The molecule has 0 atom stereocenters. The molecule has 1 heterocycles. The van der Waals surface area contributed by atoms with Gasteiger partial charge in [0.15, 0.2) is 5.96 Å². The fourth-order valence-corrected chi connectivity index (χ4v) is 2.18. The van der Waals surface area contributed by atoms with Gasteiger partial charge in [-0.3, -0.25) is 9.98 Å². The van der Waals surface area contributed by atoms with Crippen molar-refractivity contribution < 1.29 is 4.74 Å². The highest BCUT2D eigenvalue weighted by Crippen LogP contribution is 2.14. The number of aromatic nitrogens is 1. The molecular formula is C19H27IN4O. The lowest BCUT2D eigenvalue weighted by Crippen LogP contribution is -2.37. The zero-order valence-corrected chi connectivity index (χ0v) is 17.2. The topological polar surface area (TPSA) is 58.5 Å². The molecule has 0 bridgehead atoms. The number of rotatable bonds is 8. The maximum absolute atomic E-state index is 5.81. The highest BCUT2D eigenvalue weighted by Gasteiger charge is 2.01. The van der Waals surface area contributed by atoms with Crippen LogP contribution in [0.15, 0.2) is 53.7 Å². The van der Waals surface area contributed by atoms with E-state index in [0.717, 1.165) is 35.9 Å². The standard InChI is InChI=1S/C19H26N4O.HI/c1-3-4-11-22-19(20-2)23-14-16-8-7-10-18(13-16)24-15-17-9-5-6-12-21-17;/h5-10,12-13H,3-4,11,14-15H2,1-2H3,(H2,20,22,23);1H. The second kappa shape index (κ2) is 12.5. The van der Waals surface area contributed by atoms with Gasteiger partial charge in [-0.05, 0) is 36.2 Å². The van der Waals surface area contributed by atoms with E-state index >= 15 is 0 Å². The van der Waals surface area contributed by atoms with Crippen molar-refractivity contribution in [3.05, 3.63) is 59.9 Å². The van der Waals surface area contributed by atoms with Gasteiger partial charge in [0.25, 0.3) is 0 Å². The Morgan fingerprint density at radius 1 is 1.16 bits per heavy atom. The molecule has 0 radical (unpaired) electrons. The summed E-state index contributed by atoms with van der Waals surface area (Å²) in [7, 11) is 1.79. The highest BCUT2D eigenvalue weighted by molar-refractivity contribution is 14.0. The number of hydrogen-bond acceptors (Lipinski definition) is 3. The first-order chi connectivity index (χ1) is 11.8. The Morgan fingerprint density at radius 3 is 2.76 bits per heavy atom. The minimum Gasteiger partial charge on any atom is -0.487 e. The molecule has 0 aliphatic rings. The molecule has 2 rings (SSSR count). The molecule has 136 valence electrons. The van der Waals surface area contributed by atoms with Crippen LogP contribution in [0.3, 0.4) is 0 Å². The van der Waals surface area contributed by atoms with Crippen molar-refractivity contribution in [2.45, 2.75) is 32.9 Å². The third-order valence-corrected chi connectivity index (χ3v) is 3.52. The summed E-state index contributed by atoms with van der Waals surface area (Å²) in [4.78, 5) is 8.49. The van der Waals surface area contributed by atoms with E-state index in [1.54, 1.807) is 13.2 Å². The minimum absolute atomic E-state index is 0. The van der Waals surface area contributed by atoms with Crippen LogP contribution in [0.2, 0.25) is 0 Å². The lowest BCUT2D eigenvalue weighted by molar-refractivity contribution is 0.301. The molecule has 0 aliphatic carbocycles. The monoisotopic (exact) mass is 454 g/mol. The fraction of sp³-hybridized carbons (Fsp3) is 0.368. The van der Waals surface area contributed by atoms with E-state index in [2.05, 4.69) is 33.6 Å². The third-order valence-electron chi connectivity index (χ3n) is 3.52. The number of aliphatic imine (C=N–C) groups is 1. The Labute approximate surface area is 167 Å². The molecule has 0 fully saturated rings. The molecule has 1 aromatic carbocycles. The Morgan fingerprint density at radius 2 is 2.04 bits per heavy atom. The molecule has 0 spiro atoms. The van der Waals surface area contributed by atoms with E-state index in [9.17, 15) is 0 Å². The molecule has 25 heavy (non-hydrogen) atoms.